The third-order valence-electron chi connectivity index (χ3n) is 2.49. The van der Waals surface area contributed by atoms with Gasteiger partial charge in [0.2, 0.25) is 0 Å². The molecule has 1 N–H and O–H groups in total. The smallest absolute Gasteiger partial charge is 0.373 e. The zero-order valence-electron chi connectivity index (χ0n) is 8.01. The van der Waals surface area contributed by atoms with Crippen LogP contribution in [0.1, 0.15) is 39.0 Å². The van der Waals surface area contributed by atoms with E-state index in [1.807, 2.05) is 6.92 Å². The second-order valence-corrected chi connectivity index (χ2v) is 3.85. The lowest BCUT2D eigenvalue weighted by atomic mass is 9.86. The van der Waals surface area contributed by atoms with Gasteiger partial charge in [0.1, 0.15) is 5.60 Å². The molecule has 0 aliphatic heterocycles. The van der Waals surface area contributed by atoms with E-state index < -0.39 is 11.7 Å². The normalized spacial score (nSPS) is 20.7. The molecule has 0 aromatic heterocycles. The molecule has 3 nitrogen and oxygen atoms in total. The number of aliphatic hydroxyl groups excluding tert-OH is 1. The van der Waals surface area contributed by atoms with Crippen molar-refractivity contribution in [2.24, 2.45) is 0 Å². The van der Waals surface area contributed by atoms with Gasteiger partial charge in [0, 0.05) is 0 Å². The quantitative estimate of drug-likeness (QED) is 0.407. The highest BCUT2D eigenvalue weighted by Gasteiger charge is 2.31. The van der Waals surface area contributed by atoms with Gasteiger partial charge >= 0.3 is 5.97 Å². The van der Waals surface area contributed by atoms with Gasteiger partial charge in [-0.05, 0) is 39.2 Å². The van der Waals surface area contributed by atoms with Crippen molar-refractivity contribution in [2.45, 2.75) is 44.6 Å². The number of aliphatic hydroxyl groups is 1. The summed E-state index contributed by atoms with van der Waals surface area (Å²) >= 11 is 0. The summed E-state index contributed by atoms with van der Waals surface area (Å²) in [5.74, 6) is -1.20. The second kappa shape index (κ2) is 3.81. The number of carbonyl (C=O) groups excluding carboxylic acids is 1. The first kappa shape index (κ1) is 10.1. The number of ether oxygens (including phenoxy) is 1. The van der Waals surface area contributed by atoms with Crippen molar-refractivity contribution < 1.29 is 14.6 Å². The summed E-state index contributed by atoms with van der Waals surface area (Å²) in [4.78, 5) is 11.0. The third kappa shape index (κ3) is 2.76. The Balaban J connectivity index is 2.50. The third-order valence-corrected chi connectivity index (χ3v) is 2.49. The summed E-state index contributed by atoms with van der Waals surface area (Å²) in [5, 5.41) is 8.80. The molecule has 0 bridgehead atoms. The van der Waals surface area contributed by atoms with Crippen molar-refractivity contribution in [2.75, 3.05) is 0 Å². The van der Waals surface area contributed by atoms with Gasteiger partial charge < -0.3 is 9.84 Å². The highest BCUT2D eigenvalue weighted by atomic mass is 16.6. The van der Waals surface area contributed by atoms with Crippen molar-refractivity contribution >= 4 is 5.97 Å². The average molecular weight is 184 g/mol. The van der Waals surface area contributed by atoms with Crippen molar-refractivity contribution in [1.29, 1.82) is 0 Å². The number of esters is 1. The Morgan fingerprint density at radius 1 is 1.38 bits per heavy atom. The minimum Gasteiger partial charge on any atom is -0.502 e. The number of carbonyl (C=O) groups is 1. The molecule has 0 amide bonds. The van der Waals surface area contributed by atoms with Gasteiger partial charge in [0.15, 0.2) is 5.76 Å². The van der Waals surface area contributed by atoms with Crippen molar-refractivity contribution in [3.63, 3.8) is 0 Å². The Labute approximate surface area is 78.4 Å². The van der Waals surface area contributed by atoms with Crippen molar-refractivity contribution in [1.82, 2.24) is 0 Å². The van der Waals surface area contributed by atoms with E-state index >= 15 is 0 Å². The fourth-order valence-electron chi connectivity index (χ4n) is 1.68. The van der Waals surface area contributed by atoms with Crippen LogP contribution < -0.4 is 0 Å². The minimum atomic E-state index is -0.690. The molecule has 1 fully saturated rings. The van der Waals surface area contributed by atoms with Gasteiger partial charge in [-0.1, -0.05) is 6.42 Å². The van der Waals surface area contributed by atoms with Gasteiger partial charge in [0.25, 0.3) is 0 Å². The van der Waals surface area contributed by atoms with Gasteiger partial charge in [-0.25, -0.2) is 4.79 Å². The Morgan fingerprint density at radius 2 is 1.92 bits per heavy atom. The van der Waals surface area contributed by atoms with Crippen LogP contribution in [0.2, 0.25) is 0 Å². The molecule has 1 saturated carbocycles. The van der Waals surface area contributed by atoms with E-state index in [0.717, 1.165) is 25.7 Å². The maximum Gasteiger partial charge on any atom is 0.373 e. The van der Waals surface area contributed by atoms with Gasteiger partial charge in [0.05, 0.1) is 0 Å². The van der Waals surface area contributed by atoms with E-state index in [4.69, 9.17) is 9.84 Å². The van der Waals surface area contributed by atoms with Crippen LogP contribution in [0, 0.1) is 0 Å². The van der Waals surface area contributed by atoms with E-state index in [9.17, 15) is 4.79 Å². The Kier molecular flexibility index (Phi) is 2.96. The van der Waals surface area contributed by atoms with E-state index in [1.54, 1.807) is 0 Å². The molecule has 74 valence electrons. The molecule has 0 atom stereocenters. The summed E-state index contributed by atoms with van der Waals surface area (Å²) in [5.41, 5.74) is -0.388. The fourth-order valence-corrected chi connectivity index (χ4v) is 1.68. The summed E-state index contributed by atoms with van der Waals surface area (Å²) < 4.78 is 5.15. The predicted molar refractivity (Wildman–Crippen MR) is 49.4 cm³/mol. The lowest BCUT2D eigenvalue weighted by Gasteiger charge is -2.32. The van der Waals surface area contributed by atoms with Crippen LogP contribution in [0.25, 0.3) is 0 Å². The minimum absolute atomic E-state index is 0.388. The predicted octanol–water partition coefficient (Wildman–Crippen LogP) is 2.32. The highest BCUT2D eigenvalue weighted by Crippen LogP contribution is 2.31. The number of hydrogen-bond donors (Lipinski definition) is 1. The molecule has 3 heteroatoms. The fraction of sp³-hybridized carbons (Fsp3) is 0.700. The van der Waals surface area contributed by atoms with Gasteiger partial charge in [-0.3, -0.25) is 0 Å². The molecular weight excluding hydrogens is 168 g/mol. The maximum atomic E-state index is 11.0. The molecule has 0 radical (unpaired) electrons. The molecule has 0 aromatic carbocycles. The molecule has 13 heavy (non-hydrogen) atoms. The Bertz CT molecular complexity index is 214. The van der Waals surface area contributed by atoms with Crippen molar-refractivity contribution in [3.05, 3.63) is 12.3 Å². The molecule has 0 saturated heterocycles. The zero-order valence-corrected chi connectivity index (χ0v) is 8.01. The topological polar surface area (TPSA) is 46.5 Å². The Morgan fingerprint density at radius 3 is 2.38 bits per heavy atom. The largest absolute Gasteiger partial charge is 0.502 e. The van der Waals surface area contributed by atoms with E-state index in [-0.39, 0.29) is 5.60 Å². The number of rotatable bonds is 2. The van der Waals surface area contributed by atoms with Crippen LogP contribution in [0.15, 0.2) is 12.3 Å². The SMILES string of the molecule is C=C(O)C(=O)OC1(C)CCCCC1. The van der Waals surface area contributed by atoms with Crippen LogP contribution in [0.5, 0.6) is 0 Å². The maximum absolute atomic E-state index is 11.0. The Hall–Kier alpha value is -0.990. The molecular formula is C10H16O3. The lowest BCUT2D eigenvalue weighted by molar-refractivity contribution is -0.159. The summed E-state index contributed by atoms with van der Waals surface area (Å²) in [6.45, 7) is 5.04. The lowest BCUT2D eigenvalue weighted by Crippen LogP contribution is -2.34. The first-order valence-electron chi connectivity index (χ1n) is 4.65. The summed E-state index contributed by atoms with van der Waals surface area (Å²) in [6, 6.07) is 0. The van der Waals surface area contributed by atoms with Crippen LogP contribution in [-0.2, 0) is 9.53 Å². The molecule has 0 aromatic rings. The van der Waals surface area contributed by atoms with E-state index in [0.29, 0.717) is 0 Å². The van der Waals surface area contributed by atoms with Gasteiger partial charge in [-0.2, -0.15) is 0 Å². The molecule has 1 aliphatic carbocycles. The average Bonchev–Trinajstić information content (AvgIpc) is 2.04. The van der Waals surface area contributed by atoms with E-state index in [1.165, 1.54) is 6.42 Å². The molecule has 0 spiro atoms. The van der Waals surface area contributed by atoms with Crippen molar-refractivity contribution in [3.8, 4) is 0 Å². The van der Waals surface area contributed by atoms with Gasteiger partial charge in [-0.15, -0.1) is 0 Å². The molecule has 1 aliphatic rings. The molecule has 0 heterocycles. The van der Waals surface area contributed by atoms with Crippen LogP contribution in [-0.4, -0.2) is 16.7 Å². The second-order valence-electron chi connectivity index (χ2n) is 3.85. The first-order valence-corrected chi connectivity index (χ1v) is 4.65. The van der Waals surface area contributed by atoms with Crippen LogP contribution in [0.3, 0.4) is 0 Å². The number of hydrogen-bond acceptors (Lipinski definition) is 3. The molecule has 1 rings (SSSR count). The zero-order chi connectivity index (χ0) is 9.90. The van der Waals surface area contributed by atoms with Crippen LogP contribution >= 0.6 is 0 Å². The monoisotopic (exact) mass is 184 g/mol. The molecule has 0 unspecified atom stereocenters. The summed E-state index contributed by atoms with van der Waals surface area (Å²) in [6.07, 6.45) is 5.13. The standard InChI is InChI=1S/C10H16O3/c1-8(11)9(12)13-10(2)6-4-3-5-7-10/h11H,1,3-7H2,2H3. The van der Waals surface area contributed by atoms with Crippen LogP contribution in [0.4, 0.5) is 0 Å². The summed E-state index contributed by atoms with van der Waals surface area (Å²) in [7, 11) is 0. The van der Waals surface area contributed by atoms with E-state index in [2.05, 4.69) is 6.58 Å². The first-order chi connectivity index (χ1) is 6.03. The highest BCUT2D eigenvalue weighted by molar-refractivity contribution is 5.85.